The number of urea groups is 1. The van der Waals surface area contributed by atoms with Crippen molar-refractivity contribution in [1.82, 2.24) is 4.98 Å². The van der Waals surface area contributed by atoms with Crippen LogP contribution < -0.4 is 10.6 Å². The lowest BCUT2D eigenvalue weighted by Crippen LogP contribution is -2.19. The second-order valence-electron chi connectivity index (χ2n) is 6.26. The SMILES string of the molecule is O=C(Nc1nc2c(ccc3ccccc32)s1)Nc1cccc2ccccc12. The lowest BCUT2D eigenvalue weighted by molar-refractivity contribution is 0.262. The third kappa shape index (κ3) is 2.88. The van der Waals surface area contributed by atoms with Crippen molar-refractivity contribution in [1.29, 1.82) is 0 Å². The molecule has 0 aliphatic carbocycles. The fourth-order valence-corrected chi connectivity index (χ4v) is 4.18. The summed E-state index contributed by atoms with van der Waals surface area (Å²) in [4.78, 5) is 17.1. The van der Waals surface area contributed by atoms with Crippen molar-refractivity contribution in [2.24, 2.45) is 0 Å². The van der Waals surface area contributed by atoms with Gasteiger partial charge >= 0.3 is 6.03 Å². The first-order valence-electron chi connectivity index (χ1n) is 8.62. The molecular weight excluding hydrogens is 354 g/mol. The summed E-state index contributed by atoms with van der Waals surface area (Å²) in [5.74, 6) is 0. The molecule has 27 heavy (non-hydrogen) atoms. The van der Waals surface area contributed by atoms with Crippen molar-refractivity contribution >= 4 is 59.9 Å². The molecule has 0 aliphatic heterocycles. The predicted octanol–water partition coefficient (Wildman–Crippen LogP) is 6.25. The number of nitrogens with one attached hydrogen (secondary N) is 2. The van der Waals surface area contributed by atoms with Gasteiger partial charge in [0.05, 0.1) is 15.9 Å². The minimum absolute atomic E-state index is 0.297. The fraction of sp³-hybridized carbons (Fsp3) is 0. The predicted molar refractivity (Wildman–Crippen MR) is 114 cm³/mol. The zero-order valence-electron chi connectivity index (χ0n) is 14.3. The number of hydrogen-bond acceptors (Lipinski definition) is 3. The molecule has 0 radical (unpaired) electrons. The van der Waals surface area contributed by atoms with Gasteiger partial charge in [0.15, 0.2) is 5.13 Å². The highest BCUT2D eigenvalue weighted by atomic mass is 32.1. The van der Waals surface area contributed by atoms with E-state index in [1.165, 1.54) is 11.3 Å². The van der Waals surface area contributed by atoms with Crippen LogP contribution in [0.5, 0.6) is 0 Å². The summed E-state index contributed by atoms with van der Waals surface area (Å²) in [6.45, 7) is 0. The van der Waals surface area contributed by atoms with E-state index in [4.69, 9.17) is 0 Å². The Labute approximate surface area is 159 Å². The van der Waals surface area contributed by atoms with Crippen molar-refractivity contribution in [3.63, 3.8) is 0 Å². The number of rotatable bonds is 2. The van der Waals surface area contributed by atoms with Gasteiger partial charge in [0.2, 0.25) is 0 Å². The molecule has 4 aromatic carbocycles. The Kier molecular flexibility index (Phi) is 3.73. The monoisotopic (exact) mass is 369 g/mol. The molecule has 2 N–H and O–H groups in total. The summed E-state index contributed by atoms with van der Waals surface area (Å²) >= 11 is 1.47. The molecule has 0 saturated heterocycles. The Morgan fingerprint density at radius 3 is 2.30 bits per heavy atom. The molecule has 4 nitrogen and oxygen atoms in total. The molecule has 130 valence electrons. The van der Waals surface area contributed by atoms with E-state index in [0.29, 0.717) is 5.13 Å². The minimum Gasteiger partial charge on any atom is -0.307 e. The average Bonchev–Trinajstić information content (AvgIpc) is 3.11. The van der Waals surface area contributed by atoms with Gasteiger partial charge in [-0.3, -0.25) is 5.32 Å². The number of fused-ring (bicyclic) bond motifs is 4. The summed E-state index contributed by atoms with van der Waals surface area (Å²) in [6.07, 6.45) is 0. The summed E-state index contributed by atoms with van der Waals surface area (Å²) in [6, 6.07) is 25.8. The molecule has 0 unspecified atom stereocenters. The van der Waals surface area contributed by atoms with Gasteiger partial charge in [-0.25, -0.2) is 9.78 Å². The van der Waals surface area contributed by atoms with Crippen molar-refractivity contribution in [2.75, 3.05) is 10.6 Å². The topological polar surface area (TPSA) is 54.0 Å². The van der Waals surface area contributed by atoms with Gasteiger partial charge in [-0.1, -0.05) is 78.1 Å². The summed E-state index contributed by atoms with van der Waals surface area (Å²) in [5, 5.41) is 10.7. The summed E-state index contributed by atoms with van der Waals surface area (Å²) in [7, 11) is 0. The van der Waals surface area contributed by atoms with E-state index in [-0.39, 0.29) is 6.03 Å². The number of aromatic nitrogens is 1. The maximum Gasteiger partial charge on any atom is 0.325 e. The number of nitrogens with zero attached hydrogens (tertiary/aromatic N) is 1. The first-order chi connectivity index (χ1) is 13.3. The Hall–Kier alpha value is -3.44. The number of amides is 2. The van der Waals surface area contributed by atoms with E-state index in [2.05, 4.69) is 33.8 Å². The van der Waals surface area contributed by atoms with E-state index in [0.717, 1.165) is 37.4 Å². The zero-order valence-corrected chi connectivity index (χ0v) is 15.1. The highest BCUT2D eigenvalue weighted by Gasteiger charge is 2.11. The standard InChI is InChI=1S/C22H15N3OS/c26-21(23-18-11-5-8-14-6-1-3-9-16(14)18)25-22-24-20-17-10-4-2-7-15(17)12-13-19(20)27-22/h1-13H,(H2,23,24,25,26). The average molecular weight is 369 g/mol. The van der Waals surface area contributed by atoms with E-state index in [1.807, 2.05) is 60.7 Å². The second kappa shape index (κ2) is 6.37. The highest BCUT2D eigenvalue weighted by Crippen LogP contribution is 2.32. The van der Waals surface area contributed by atoms with Gasteiger partial charge in [0, 0.05) is 10.8 Å². The normalized spacial score (nSPS) is 11.1. The number of anilines is 2. The maximum absolute atomic E-state index is 12.5. The zero-order chi connectivity index (χ0) is 18.2. The molecule has 0 spiro atoms. The van der Waals surface area contributed by atoms with E-state index in [1.54, 1.807) is 0 Å². The Morgan fingerprint density at radius 2 is 1.44 bits per heavy atom. The largest absolute Gasteiger partial charge is 0.325 e. The molecule has 0 bridgehead atoms. The molecule has 5 heteroatoms. The van der Waals surface area contributed by atoms with Gasteiger partial charge in [-0.05, 0) is 22.9 Å². The Bertz CT molecular complexity index is 1300. The summed E-state index contributed by atoms with van der Waals surface area (Å²) < 4.78 is 1.05. The Balaban J connectivity index is 1.44. The van der Waals surface area contributed by atoms with Gasteiger partial charge in [0.1, 0.15) is 0 Å². The van der Waals surface area contributed by atoms with Crippen LogP contribution in [0.15, 0.2) is 78.9 Å². The van der Waals surface area contributed by atoms with Gasteiger partial charge < -0.3 is 5.32 Å². The molecular formula is C22H15N3OS. The number of thiazole rings is 1. The summed E-state index contributed by atoms with van der Waals surface area (Å²) in [5.41, 5.74) is 1.69. The number of hydrogen-bond donors (Lipinski definition) is 2. The van der Waals surface area contributed by atoms with Gasteiger partial charge in [-0.2, -0.15) is 0 Å². The van der Waals surface area contributed by atoms with Crippen LogP contribution in [0.3, 0.4) is 0 Å². The van der Waals surface area contributed by atoms with Crippen LogP contribution in [-0.2, 0) is 0 Å². The lowest BCUT2D eigenvalue weighted by atomic mass is 10.1. The number of carbonyl (C=O) groups is 1. The van der Waals surface area contributed by atoms with Gasteiger partial charge in [0.25, 0.3) is 0 Å². The van der Waals surface area contributed by atoms with Crippen LogP contribution in [0.1, 0.15) is 0 Å². The maximum atomic E-state index is 12.5. The first kappa shape index (κ1) is 15.8. The second-order valence-corrected chi connectivity index (χ2v) is 7.29. The van der Waals surface area contributed by atoms with E-state index >= 15 is 0 Å². The molecule has 5 rings (SSSR count). The van der Waals surface area contributed by atoms with E-state index in [9.17, 15) is 4.79 Å². The Morgan fingerprint density at radius 1 is 0.741 bits per heavy atom. The van der Waals surface area contributed by atoms with Crippen LogP contribution in [0, 0.1) is 0 Å². The molecule has 5 aromatic rings. The van der Waals surface area contributed by atoms with Crippen LogP contribution in [0.25, 0.3) is 31.8 Å². The van der Waals surface area contributed by atoms with Crippen LogP contribution in [0.2, 0.25) is 0 Å². The highest BCUT2D eigenvalue weighted by molar-refractivity contribution is 7.22. The third-order valence-electron chi connectivity index (χ3n) is 4.54. The molecule has 0 saturated carbocycles. The molecule has 1 heterocycles. The van der Waals surface area contributed by atoms with E-state index < -0.39 is 0 Å². The molecule has 1 aromatic heterocycles. The first-order valence-corrected chi connectivity index (χ1v) is 9.44. The number of carbonyl (C=O) groups excluding carboxylic acids is 1. The quantitative estimate of drug-likeness (QED) is 0.386. The molecule has 0 aliphatic rings. The minimum atomic E-state index is -0.297. The van der Waals surface area contributed by atoms with Crippen molar-refractivity contribution < 1.29 is 4.79 Å². The van der Waals surface area contributed by atoms with Crippen LogP contribution in [-0.4, -0.2) is 11.0 Å². The van der Waals surface area contributed by atoms with Gasteiger partial charge in [-0.15, -0.1) is 0 Å². The lowest BCUT2D eigenvalue weighted by Gasteiger charge is -2.08. The third-order valence-corrected chi connectivity index (χ3v) is 5.48. The molecule has 0 atom stereocenters. The van der Waals surface area contributed by atoms with Crippen molar-refractivity contribution in [2.45, 2.75) is 0 Å². The number of benzene rings is 4. The van der Waals surface area contributed by atoms with Crippen molar-refractivity contribution in [3.8, 4) is 0 Å². The fourth-order valence-electron chi connectivity index (χ4n) is 3.30. The van der Waals surface area contributed by atoms with Crippen LogP contribution >= 0.6 is 11.3 Å². The molecule has 2 amide bonds. The smallest absolute Gasteiger partial charge is 0.307 e. The van der Waals surface area contributed by atoms with Crippen molar-refractivity contribution in [3.05, 3.63) is 78.9 Å². The van der Waals surface area contributed by atoms with Crippen LogP contribution in [0.4, 0.5) is 15.6 Å². The molecule has 0 fully saturated rings.